The molecule has 1 atom stereocenters. The lowest BCUT2D eigenvalue weighted by Gasteiger charge is -2.13. The van der Waals surface area contributed by atoms with Crippen molar-refractivity contribution >= 4 is 23.5 Å². The Bertz CT molecular complexity index is 711. The molecule has 2 amide bonds. The summed E-state index contributed by atoms with van der Waals surface area (Å²) in [5.74, 6) is -1.59. The predicted octanol–water partition coefficient (Wildman–Crippen LogP) is 1.97. The summed E-state index contributed by atoms with van der Waals surface area (Å²) in [6, 6.07) is 14.5. The SMILES string of the molecule is C[C@H](OC(=O)c1ccccc1)C(=O)Nc1ccc(C(N)=O)cc1. The van der Waals surface area contributed by atoms with E-state index in [1.54, 1.807) is 42.5 Å². The van der Waals surface area contributed by atoms with Crippen LogP contribution in [0.3, 0.4) is 0 Å². The first-order chi connectivity index (χ1) is 11.0. The first-order valence-electron chi connectivity index (χ1n) is 6.94. The fourth-order valence-corrected chi connectivity index (χ4v) is 1.82. The number of carbonyl (C=O) groups is 3. The monoisotopic (exact) mass is 312 g/mol. The zero-order chi connectivity index (χ0) is 16.8. The van der Waals surface area contributed by atoms with E-state index in [4.69, 9.17) is 10.5 Å². The predicted molar refractivity (Wildman–Crippen MR) is 84.9 cm³/mol. The highest BCUT2D eigenvalue weighted by atomic mass is 16.5. The summed E-state index contributed by atoms with van der Waals surface area (Å²) >= 11 is 0. The summed E-state index contributed by atoms with van der Waals surface area (Å²) < 4.78 is 5.11. The maximum atomic E-state index is 12.0. The molecule has 0 saturated heterocycles. The topological polar surface area (TPSA) is 98.5 Å². The van der Waals surface area contributed by atoms with Crippen LogP contribution in [-0.4, -0.2) is 23.9 Å². The summed E-state index contributed by atoms with van der Waals surface area (Å²) in [6.07, 6.45) is -0.960. The Kier molecular flexibility index (Phi) is 5.09. The molecule has 23 heavy (non-hydrogen) atoms. The standard InChI is InChI=1S/C17H16N2O4/c1-11(23-17(22)13-5-3-2-4-6-13)16(21)19-14-9-7-12(8-10-14)15(18)20/h2-11H,1H3,(H2,18,20)(H,19,21)/t11-/m0/s1. The minimum atomic E-state index is -0.960. The number of rotatable bonds is 5. The van der Waals surface area contributed by atoms with E-state index in [1.165, 1.54) is 19.1 Å². The van der Waals surface area contributed by atoms with Crippen molar-refractivity contribution in [3.8, 4) is 0 Å². The van der Waals surface area contributed by atoms with Gasteiger partial charge in [-0.05, 0) is 43.3 Å². The van der Waals surface area contributed by atoms with Crippen molar-refractivity contribution in [2.24, 2.45) is 5.73 Å². The molecule has 0 saturated carbocycles. The summed E-state index contributed by atoms with van der Waals surface area (Å²) in [5.41, 5.74) is 6.33. The van der Waals surface area contributed by atoms with Gasteiger partial charge in [-0.1, -0.05) is 18.2 Å². The van der Waals surface area contributed by atoms with Crippen LogP contribution in [0, 0.1) is 0 Å². The summed E-state index contributed by atoms with van der Waals surface area (Å²) in [6.45, 7) is 1.48. The van der Waals surface area contributed by atoms with Crippen LogP contribution in [0.1, 0.15) is 27.6 Å². The number of hydrogen-bond donors (Lipinski definition) is 2. The van der Waals surface area contributed by atoms with Crippen molar-refractivity contribution in [1.82, 2.24) is 0 Å². The third-order valence-corrected chi connectivity index (χ3v) is 3.10. The third kappa shape index (κ3) is 4.41. The molecule has 118 valence electrons. The molecule has 0 radical (unpaired) electrons. The van der Waals surface area contributed by atoms with Crippen molar-refractivity contribution in [3.63, 3.8) is 0 Å². The number of nitrogens with one attached hydrogen (secondary N) is 1. The Morgan fingerprint density at radius 1 is 0.957 bits per heavy atom. The Hall–Kier alpha value is -3.15. The fraction of sp³-hybridized carbons (Fsp3) is 0.118. The molecule has 0 unspecified atom stereocenters. The van der Waals surface area contributed by atoms with Crippen molar-refractivity contribution < 1.29 is 19.1 Å². The second-order valence-corrected chi connectivity index (χ2v) is 4.84. The lowest BCUT2D eigenvalue weighted by molar-refractivity contribution is -0.123. The summed E-state index contributed by atoms with van der Waals surface area (Å²) in [5, 5.41) is 2.60. The van der Waals surface area contributed by atoms with Gasteiger partial charge >= 0.3 is 5.97 Å². The Morgan fingerprint density at radius 2 is 1.57 bits per heavy atom. The number of esters is 1. The van der Waals surface area contributed by atoms with Gasteiger partial charge in [0.25, 0.3) is 5.91 Å². The van der Waals surface area contributed by atoms with Crippen molar-refractivity contribution in [2.75, 3.05) is 5.32 Å². The van der Waals surface area contributed by atoms with Crippen LogP contribution in [0.15, 0.2) is 54.6 Å². The molecule has 2 aromatic carbocycles. The van der Waals surface area contributed by atoms with E-state index in [-0.39, 0.29) is 0 Å². The van der Waals surface area contributed by atoms with E-state index in [0.29, 0.717) is 16.8 Å². The van der Waals surface area contributed by atoms with Crippen LogP contribution in [0.25, 0.3) is 0 Å². The van der Waals surface area contributed by atoms with Crippen LogP contribution in [0.2, 0.25) is 0 Å². The normalized spacial score (nSPS) is 11.3. The number of primary amides is 1. The van der Waals surface area contributed by atoms with Gasteiger partial charge in [0.2, 0.25) is 5.91 Å². The average molecular weight is 312 g/mol. The molecule has 6 nitrogen and oxygen atoms in total. The van der Waals surface area contributed by atoms with Crippen LogP contribution in [0.4, 0.5) is 5.69 Å². The molecular weight excluding hydrogens is 296 g/mol. The number of amides is 2. The Labute approximate surface area is 133 Å². The molecular formula is C17H16N2O4. The molecule has 0 heterocycles. The van der Waals surface area contributed by atoms with Crippen molar-refractivity contribution in [2.45, 2.75) is 13.0 Å². The molecule has 0 spiro atoms. The zero-order valence-electron chi connectivity index (χ0n) is 12.5. The van der Waals surface area contributed by atoms with Gasteiger partial charge in [0.1, 0.15) is 0 Å². The van der Waals surface area contributed by atoms with Gasteiger partial charge in [0.05, 0.1) is 5.56 Å². The maximum Gasteiger partial charge on any atom is 0.338 e. The zero-order valence-corrected chi connectivity index (χ0v) is 12.5. The highest BCUT2D eigenvalue weighted by Crippen LogP contribution is 2.11. The molecule has 0 aromatic heterocycles. The second-order valence-electron chi connectivity index (χ2n) is 4.84. The highest BCUT2D eigenvalue weighted by molar-refractivity contribution is 5.98. The third-order valence-electron chi connectivity index (χ3n) is 3.10. The minimum absolute atomic E-state index is 0.339. The van der Waals surface area contributed by atoms with E-state index >= 15 is 0 Å². The molecule has 0 aliphatic heterocycles. The van der Waals surface area contributed by atoms with Gasteiger partial charge in [-0.25, -0.2) is 4.79 Å². The molecule has 0 bridgehead atoms. The second kappa shape index (κ2) is 7.22. The first kappa shape index (κ1) is 16.2. The van der Waals surface area contributed by atoms with Gasteiger partial charge in [-0.15, -0.1) is 0 Å². The van der Waals surface area contributed by atoms with E-state index in [1.807, 2.05) is 0 Å². The lowest BCUT2D eigenvalue weighted by atomic mass is 10.2. The Balaban J connectivity index is 1.94. The molecule has 3 N–H and O–H groups in total. The number of anilines is 1. The molecule has 0 fully saturated rings. The Morgan fingerprint density at radius 3 is 2.13 bits per heavy atom. The van der Waals surface area contributed by atoms with Gasteiger partial charge < -0.3 is 15.8 Å². The summed E-state index contributed by atoms with van der Waals surface area (Å²) in [7, 11) is 0. The van der Waals surface area contributed by atoms with Gasteiger partial charge in [-0.2, -0.15) is 0 Å². The number of ether oxygens (including phenoxy) is 1. The molecule has 6 heteroatoms. The van der Waals surface area contributed by atoms with Crippen LogP contribution in [-0.2, 0) is 9.53 Å². The van der Waals surface area contributed by atoms with Crippen LogP contribution < -0.4 is 11.1 Å². The number of carbonyl (C=O) groups excluding carboxylic acids is 3. The van der Waals surface area contributed by atoms with Crippen molar-refractivity contribution in [3.05, 3.63) is 65.7 Å². The summed E-state index contributed by atoms with van der Waals surface area (Å²) in [4.78, 5) is 34.9. The lowest BCUT2D eigenvalue weighted by Crippen LogP contribution is -2.30. The molecule has 0 aliphatic rings. The number of benzene rings is 2. The van der Waals surface area contributed by atoms with Gasteiger partial charge in [-0.3, -0.25) is 9.59 Å². The van der Waals surface area contributed by atoms with E-state index in [9.17, 15) is 14.4 Å². The maximum absolute atomic E-state index is 12.0. The van der Waals surface area contributed by atoms with Crippen molar-refractivity contribution in [1.29, 1.82) is 0 Å². The minimum Gasteiger partial charge on any atom is -0.449 e. The smallest absolute Gasteiger partial charge is 0.338 e. The van der Waals surface area contributed by atoms with E-state index in [2.05, 4.69) is 5.32 Å². The number of hydrogen-bond acceptors (Lipinski definition) is 4. The van der Waals surface area contributed by atoms with Gasteiger partial charge in [0.15, 0.2) is 6.10 Å². The molecule has 2 rings (SSSR count). The van der Waals surface area contributed by atoms with Crippen LogP contribution in [0.5, 0.6) is 0 Å². The number of nitrogens with two attached hydrogens (primary N) is 1. The molecule has 0 aliphatic carbocycles. The average Bonchev–Trinajstić information content (AvgIpc) is 2.56. The largest absolute Gasteiger partial charge is 0.449 e. The molecule has 2 aromatic rings. The quantitative estimate of drug-likeness (QED) is 0.825. The van der Waals surface area contributed by atoms with Gasteiger partial charge in [0, 0.05) is 11.3 Å². The van der Waals surface area contributed by atoms with Crippen LogP contribution >= 0.6 is 0 Å². The fourth-order valence-electron chi connectivity index (χ4n) is 1.82. The highest BCUT2D eigenvalue weighted by Gasteiger charge is 2.18. The van der Waals surface area contributed by atoms with E-state index < -0.39 is 23.9 Å². The first-order valence-corrected chi connectivity index (χ1v) is 6.94. The van der Waals surface area contributed by atoms with E-state index in [0.717, 1.165) is 0 Å².